The van der Waals surface area contributed by atoms with Gasteiger partial charge in [-0.1, -0.05) is 0 Å². The molecule has 0 aliphatic carbocycles. The second kappa shape index (κ2) is 4.89. The van der Waals surface area contributed by atoms with Crippen molar-refractivity contribution in [1.82, 2.24) is 0 Å². The summed E-state index contributed by atoms with van der Waals surface area (Å²) < 4.78 is 8.70. The second-order valence-electron chi connectivity index (χ2n) is 0.253. The van der Waals surface area contributed by atoms with Crippen molar-refractivity contribution in [3.05, 3.63) is 0 Å². The fourth-order valence-electron chi connectivity index (χ4n) is 0. The first-order chi connectivity index (χ1) is 1.73. The van der Waals surface area contributed by atoms with E-state index in [-0.39, 0.29) is 25.8 Å². The van der Waals surface area contributed by atoms with Crippen molar-refractivity contribution in [3.63, 3.8) is 0 Å². The molecule has 0 radical (unpaired) electrons. The summed E-state index contributed by atoms with van der Waals surface area (Å²) in [6.45, 7) is 0. The van der Waals surface area contributed by atoms with Gasteiger partial charge in [0.15, 0.2) is 0 Å². The van der Waals surface area contributed by atoms with E-state index in [1.165, 1.54) is 0 Å². The molecule has 0 aliphatic rings. The minimum atomic E-state index is -2.87. The summed E-state index contributed by atoms with van der Waals surface area (Å²) in [5.41, 5.74) is 0. The fraction of sp³-hybridized carbons (Fsp3) is 0. The molecule has 5 heteroatoms. The number of rotatable bonds is 0. The first-order valence-electron chi connectivity index (χ1n) is 0.583. The van der Waals surface area contributed by atoms with Crippen LogP contribution in [0.25, 0.3) is 0 Å². The topological polar surface area (TPSA) is 57.5 Å². The van der Waals surface area contributed by atoms with E-state index in [1.807, 2.05) is 0 Å². The molecule has 0 aliphatic heterocycles. The Kier molecular flexibility index (Phi) is 9.10. The molecule has 0 unspecified atom stereocenters. The molecule has 2 N–H and O–H groups in total. The van der Waals surface area contributed by atoms with Gasteiger partial charge < -0.3 is 0 Å². The fourth-order valence-corrected chi connectivity index (χ4v) is 0. The third kappa shape index (κ3) is 51.6. The molecule has 0 saturated carbocycles. The van der Waals surface area contributed by atoms with Crippen LogP contribution in [0.2, 0.25) is 0 Å². The van der Waals surface area contributed by atoms with Gasteiger partial charge in [0.1, 0.15) is 0 Å². The third-order valence-electron chi connectivity index (χ3n) is 0. The summed E-state index contributed by atoms with van der Waals surface area (Å²) in [7, 11) is -2.87. The molecule has 5 heavy (non-hydrogen) atoms. The van der Waals surface area contributed by atoms with Crippen molar-refractivity contribution in [2.45, 2.75) is 0 Å². The molecule has 0 atom stereocenters. The van der Waals surface area contributed by atoms with E-state index in [0.717, 1.165) is 0 Å². The van der Waals surface area contributed by atoms with Gasteiger partial charge in [-0.2, -0.15) is 0 Å². The predicted octanol–water partition coefficient (Wildman–Crippen LogP) is -0.374. The standard InChI is InChI=1S/Hf.HO3P/c;1-4(2)3/h;(H-,1,2,3)/p+1. The average Bonchev–Trinajstić information content (AvgIpc) is 0.811. The number of hydrogen-bond acceptors (Lipinski definition) is 1. The molecular weight excluding hydrogens is 257 g/mol. The van der Waals surface area contributed by atoms with Crippen LogP contribution in [0.5, 0.6) is 0 Å². The Hall–Kier alpha value is 0.890. The first kappa shape index (κ1) is 9.31. The smallest absolute Gasteiger partial charge is 0.134 e. The maximum Gasteiger partial charge on any atom is 0.692 e. The minimum Gasteiger partial charge on any atom is -0.134 e. The summed E-state index contributed by atoms with van der Waals surface area (Å²) in [5, 5.41) is 0. The van der Waals surface area contributed by atoms with E-state index in [9.17, 15) is 0 Å². The molecule has 0 aromatic heterocycles. The molecule has 0 saturated heterocycles. The average molecular weight is 259 g/mol. The SMILES string of the molecule is O=[P+](O)O.[Hf]. The van der Waals surface area contributed by atoms with Crippen LogP contribution in [0.15, 0.2) is 0 Å². The second-order valence-corrected chi connectivity index (χ2v) is 0.758. The van der Waals surface area contributed by atoms with Gasteiger partial charge in [0.25, 0.3) is 0 Å². The van der Waals surface area contributed by atoms with E-state index in [0.29, 0.717) is 0 Å². The van der Waals surface area contributed by atoms with Gasteiger partial charge in [-0.15, -0.1) is 9.79 Å². The summed E-state index contributed by atoms with van der Waals surface area (Å²) in [6.07, 6.45) is 0. The molecule has 0 aromatic carbocycles. The van der Waals surface area contributed by atoms with Crippen LogP contribution in [0.4, 0.5) is 0 Å². The third-order valence-corrected chi connectivity index (χ3v) is 0. The van der Waals surface area contributed by atoms with Crippen LogP contribution in [-0.4, -0.2) is 9.79 Å². The number of hydrogen-bond donors (Lipinski definition) is 2. The maximum absolute atomic E-state index is 8.70. The molecule has 0 spiro atoms. The van der Waals surface area contributed by atoms with Crippen LogP contribution in [0, 0.1) is 0 Å². The van der Waals surface area contributed by atoms with Crippen molar-refractivity contribution in [2.24, 2.45) is 0 Å². The molecule has 28 valence electrons. The van der Waals surface area contributed by atoms with Crippen molar-refractivity contribution in [3.8, 4) is 0 Å². The van der Waals surface area contributed by atoms with Gasteiger partial charge in [-0.3, -0.25) is 0 Å². The largest absolute Gasteiger partial charge is 0.692 e. The molecule has 0 heterocycles. The van der Waals surface area contributed by atoms with Crippen LogP contribution in [0.1, 0.15) is 0 Å². The maximum atomic E-state index is 8.70. The van der Waals surface area contributed by atoms with Crippen molar-refractivity contribution < 1.29 is 40.2 Å². The van der Waals surface area contributed by atoms with Gasteiger partial charge in [0, 0.05) is 30.4 Å². The minimum absolute atomic E-state index is 0. The van der Waals surface area contributed by atoms with E-state index >= 15 is 0 Å². The Labute approximate surface area is 48.7 Å². The molecule has 0 rings (SSSR count). The van der Waals surface area contributed by atoms with Crippen LogP contribution in [0.3, 0.4) is 0 Å². The van der Waals surface area contributed by atoms with Gasteiger partial charge >= 0.3 is 8.25 Å². The molecular formula is H2HfO3P+. The van der Waals surface area contributed by atoms with Crippen LogP contribution in [-0.2, 0) is 30.4 Å². The molecule has 0 fully saturated rings. The molecule has 3 nitrogen and oxygen atoms in total. The van der Waals surface area contributed by atoms with Gasteiger partial charge in [-0.25, -0.2) is 0 Å². The zero-order valence-electron chi connectivity index (χ0n) is 2.25. The Bertz CT molecular complexity index is 29.9. The quantitative estimate of drug-likeness (QED) is 0.461. The van der Waals surface area contributed by atoms with E-state index in [2.05, 4.69) is 0 Å². The van der Waals surface area contributed by atoms with Crippen LogP contribution >= 0.6 is 8.25 Å². The summed E-state index contributed by atoms with van der Waals surface area (Å²) in [6, 6.07) is 0. The van der Waals surface area contributed by atoms with E-state index < -0.39 is 8.25 Å². The zero-order chi connectivity index (χ0) is 3.58. The van der Waals surface area contributed by atoms with Crippen molar-refractivity contribution in [1.29, 1.82) is 0 Å². The van der Waals surface area contributed by atoms with Gasteiger partial charge in [0.2, 0.25) is 0 Å². The van der Waals surface area contributed by atoms with Crippen LogP contribution < -0.4 is 0 Å². The molecule has 0 aromatic rings. The summed E-state index contributed by atoms with van der Waals surface area (Å²) >= 11 is 0. The Morgan fingerprint density at radius 3 is 1.40 bits per heavy atom. The van der Waals surface area contributed by atoms with Crippen molar-refractivity contribution in [2.75, 3.05) is 0 Å². The molecule has 0 bridgehead atoms. The van der Waals surface area contributed by atoms with Crippen molar-refractivity contribution >= 4 is 8.25 Å². The summed E-state index contributed by atoms with van der Waals surface area (Å²) in [4.78, 5) is 14.2. The monoisotopic (exact) mass is 261 g/mol. The zero-order valence-corrected chi connectivity index (χ0v) is 6.74. The van der Waals surface area contributed by atoms with E-state index in [4.69, 9.17) is 14.4 Å². The first-order valence-corrected chi connectivity index (χ1v) is 1.75. The Balaban J connectivity index is 0. The normalized spacial score (nSPS) is 5.20. The predicted molar refractivity (Wildman–Crippen MR) is 12.0 cm³/mol. The van der Waals surface area contributed by atoms with Gasteiger partial charge in [0.05, 0.1) is 0 Å². The Morgan fingerprint density at radius 1 is 1.40 bits per heavy atom. The van der Waals surface area contributed by atoms with E-state index in [1.54, 1.807) is 0 Å². The Morgan fingerprint density at radius 2 is 1.40 bits per heavy atom. The summed E-state index contributed by atoms with van der Waals surface area (Å²) in [5.74, 6) is 0. The molecule has 0 amide bonds. The van der Waals surface area contributed by atoms with Gasteiger partial charge in [-0.05, 0) is 0 Å².